The molecular weight excluding hydrogens is 220 g/mol. The smallest absolute Gasteiger partial charge is 0.343 e. The van der Waals surface area contributed by atoms with Gasteiger partial charge in [0, 0.05) is 0 Å². The molecule has 0 amide bonds. The van der Waals surface area contributed by atoms with Gasteiger partial charge >= 0.3 is 5.97 Å². The maximum Gasteiger partial charge on any atom is 0.343 e. The van der Waals surface area contributed by atoms with Crippen LogP contribution < -0.4 is 4.74 Å². The summed E-state index contributed by atoms with van der Waals surface area (Å²) in [5, 5.41) is 13.7. The number of methoxy groups -OCH3 is 1. The molecule has 1 aromatic heterocycles. The van der Waals surface area contributed by atoms with E-state index in [1.165, 1.54) is 7.11 Å². The van der Waals surface area contributed by atoms with Crippen molar-refractivity contribution in [1.82, 2.24) is 9.78 Å². The molecule has 1 aromatic rings. The lowest BCUT2D eigenvalue weighted by Gasteiger charge is -2.21. The largest absolute Gasteiger partial charge is 0.481 e. The molecule has 0 unspecified atom stereocenters. The summed E-state index contributed by atoms with van der Waals surface area (Å²) >= 11 is 0. The maximum absolute atomic E-state index is 11.3. The van der Waals surface area contributed by atoms with Crippen molar-refractivity contribution in [2.75, 3.05) is 7.11 Å². The zero-order valence-electron chi connectivity index (χ0n) is 11.2. The van der Waals surface area contributed by atoms with Gasteiger partial charge in [0.2, 0.25) is 5.88 Å². The fourth-order valence-electron chi connectivity index (χ4n) is 1.67. The molecule has 0 aliphatic rings. The maximum atomic E-state index is 11.3. The van der Waals surface area contributed by atoms with Crippen molar-refractivity contribution in [1.29, 1.82) is 0 Å². The molecule has 0 bridgehead atoms. The van der Waals surface area contributed by atoms with Crippen molar-refractivity contribution < 1.29 is 14.6 Å². The highest BCUT2D eigenvalue weighted by atomic mass is 16.5. The van der Waals surface area contributed by atoms with E-state index in [4.69, 9.17) is 4.74 Å². The highest BCUT2D eigenvalue weighted by Crippen LogP contribution is 2.31. The Labute approximate surface area is 101 Å². The second kappa shape index (κ2) is 4.39. The van der Waals surface area contributed by atoms with Crippen molar-refractivity contribution in [3.05, 3.63) is 11.3 Å². The highest BCUT2D eigenvalue weighted by molar-refractivity contribution is 5.92. The minimum Gasteiger partial charge on any atom is -0.481 e. The van der Waals surface area contributed by atoms with Gasteiger partial charge in [0.1, 0.15) is 5.56 Å². The van der Waals surface area contributed by atoms with Gasteiger partial charge in [0.05, 0.1) is 18.3 Å². The molecule has 5 nitrogen and oxygen atoms in total. The third kappa shape index (κ3) is 2.43. The first-order valence-corrected chi connectivity index (χ1v) is 5.60. The number of carboxylic acids is 1. The van der Waals surface area contributed by atoms with Crippen LogP contribution in [0.1, 0.15) is 56.6 Å². The molecule has 0 radical (unpaired) electrons. The molecular formula is C12H20N2O3. The first-order valence-electron chi connectivity index (χ1n) is 5.60. The Balaban J connectivity index is 3.55. The van der Waals surface area contributed by atoms with Gasteiger partial charge in [-0.1, -0.05) is 13.8 Å². The van der Waals surface area contributed by atoms with Crippen molar-refractivity contribution in [3.63, 3.8) is 0 Å². The average Bonchev–Trinajstić information content (AvgIpc) is 2.55. The summed E-state index contributed by atoms with van der Waals surface area (Å²) < 4.78 is 6.85. The lowest BCUT2D eigenvalue weighted by Crippen LogP contribution is -2.24. The second-order valence-corrected chi connectivity index (χ2v) is 5.31. The number of ether oxygens (including phenoxy) is 1. The summed E-state index contributed by atoms with van der Waals surface area (Å²) in [7, 11) is 1.47. The number of hydrogen-bond acceptors (Lipinski definition) is 3. The summed E-state index contributed by atoms with van der Waals surface area (Å²) in [5.41, 5.74) is 0.407. The molecule has 0 atom stereocenters. The molecule has 0 fully saturated rings. The number of carboxylic acid groups (broad SMARTS) is 1. The second-order valence-electron chi connectivity index (χ2n) is 5.31. The Morgan fingerprint density at radius 2 is 1.94 bits per heavy atom. The summed E-state index contributed by atoms with van der Waals surface area (Å²) in [6, 6.07) is 0. The van der Waals surface area contributed by atoms with Crippen LogP contribution in [0.15, 0.2) is 0 Å². The molecule has 0 saturated heterocycles. The number of carbonyl (C=O) groups is 1. The van der Waals surface area contributed by atoms with E-state index >= 15 is 0 Å². The van der Waals surface area contributed by atoms with Crippen molar-refractivity contribution in [3.8, 4) is 5.88 Å². The summed E-state index contributed by atoms with van der Waals surface area (Å²) in [6.07, 6.45) is 0. The van der Waals surface area contributed by atoms with E-state index < -0.39 is 5.97 Å². The van der Waals surface area contributed by atoms with E-state index in [0.29, 0.717) is 11.6 Å². The summed E-state index contributed by atoms with van der Waals surface area (Å²) in [6.45, 7) is 9.71. The number of hydrogen-bond donors (Lipinski definition) is 1. The van der Waals surface area contributed by atoms with Crippen LogP contribution in [-0.2, 0) is 5.54 Å². The van der Waals surface area contributed by atoms with E-state index in [1.807, 2.05) is 34.6 Å². The third-order valence-electron chi connectivity index (χ3n) is 2.46. The monoisotopic (exact) mass is 240 g/mol. The van der Waals surface area contributed by atoms with E-state index in [-0.39, 0.29) is 17.0 Å². The number of nitrogens with zero attached hydrogens (tertiary/aromatic N) is 2. The normalized spacial score (nSPS) is 11.9. The Kier molecular flexibility index (Phi) is 3.50. The third-order valence-corrected chi connectivity index (χ3v) is 2.46. The SMILES string of the molecule is COc1c(C(=O)O)c(C(C)C)nn1C(C)(C)C. The van der Waals surface area contributed by atoms with E-state index in [9.17, 15) is 9.90 Å². The van der Waals surface area contributed by atoms with Crippen LogP contribution in [0.5, 0.6) is 5.88 Å². The summed E-state index contributed by atoms with van der Waals surface area (Å²) in [5.74, 6) is -0.645. The van der Waals surface area contributed by atoms with Crippen LogP contribution in [0, 0.1) is 0 Å². The fourth-order valence-corrected chi connectivity index (χ4v) is 1.67. The zero-order chi connectivity index (χ0) is 13.4. The van der Waals surface area contributed by atoms with Crippen molar-refractivity contribution in [2.24, 2.45) is 0 Å². The van der Waals surface area contributed by atoms with Gasteiger partial charge in [0.15, 0.2) is 0 Å². The van der Waals surface area contributed by atoms with Crippen LogP contribution in [0.4, 0.5) is 0 Å². The quantitative estimate of drug-likeness (QED) is 0.881. The molecule has 1 rings (SSSR count). The van der Waals surface area contributed by atoms with E-state index in [0.717, 1.165) is 0 Å². The average molecular weight is 240 g/mol. The molecule has 0 aromatic carbocycles. The molecule has 17 heavy (non-hydrogen) atoms. The van der Waals surface area contributed by atoms with Gasteiger partial charge < -0.3 is 9.84 Å². The van der Waals surface area contributed by atoms with E-state index in [1.54, 1.807) is 4.68 Å². The van der Waals surface area contributed by atoms with Crippen LogP contribution in [0.2, 0.25) is 0 Å². The Bertz CT molecular complexity index is 428. The lowest BCUT2D eigenvalue weighted by atomic mass is 10.1. The number of rotatable bonds is 3. The molecule has 96 valence electrons. The Morgan fingerprint density at radius 3 is 2.24 bits per heavy atom. The first kappa shape index (κ1) is 13.5. The molecule has 5 heteroatoms. The molecule has 1 N–H and O–H groups in total. The van der Waals surface area contributed by atoms with Gasteiger partial charge in [-0.05, 0) is 26.7 Å². The van der Waals surface area contributed by atoms with Gasteiger partial charge in [-0.25, -0.2) is 9.48 Å². The van der Waals surface area contributed by atoms with Crippen molar-refractivity contribution in [2.45, 2.75) is 46.1 Å². The van der Waals surface area contributed by atoms with E-state index in [2.05, 4.69) is 5.10 Å². The lowest BCUT2D eigenvalue weighted by molar-refractivity contribution is 0.0691. The van der Waals surface area contributed by atoms with Gasteiger partial charge in [-0.15, -0.1) is 0 Å². The molecule has 1 heterocycles. The Hall–Kier alpha value is -1.52. The van der Waals surface area contributed by atoms with Crippen LogP contribution in [0.25, 0.3) is 0 Å². The minimum atomic E-state index is -0.999. The van der Waals surface area contributed by atoms with Gasteiger partial charge in [0.25, 0.3) is 0 Å². The molecule has 0 aliphatic heterocycles. The fraction of sp³-hybridized carbons (Fsp3) is 0.667. The number of aromatic carboxylic acids is 1. The predicted octanol–water partition coefficient (Wildman–Crippen LogP) is 2.47. The van der Waals surface area contributed by atoms with Gasteiger partial charge in [-0.2, -0.15) is 5.10 Å². The standard InChI is InChI=1S/C12H20N2O3/c1-7(2)9-8(11(15)16)10(17-6)14(13-9)12(3,4)5/h7H,1-6H3,(H,15,16). The van der Waals surface area contributed by atoms with Gasteiger partial charge in [-0.3, -0.25) is 0 Å². The topological polar surface area (TPSA) is 64.3 Å². The first-order chi connectivity index (χ1) is 7.70. The predicted molar refractivity (Wildman–Crippen MR) is 64.8 cm³/mol. The Morgan fingerprint density at radius 1 is 1.41 bits per heavy atom. The highest BCUT2D eigenvalue weighted by Gasteiger charge is 2.30. The molecule has 0 spiro atoms. The zero-order valence-corrected chi connectivity index (χ0v) is 11.2. The van der Waals surface area contributed by atoms with Crippen molar-refractivity contribution >= 4 is 5.97 Å². The van der Waals surface area contributed by atoms with Crippen LogP contribution in [-0.4, -0.2) is 28.0 Å². The minimum absolute atomic E-state index is 0.0404. The van der Waals surface area contributed by atoms with Crippen LogP contribution >= 0.6 is 0 Å². The summed E-state index contributed by atoms with van der Waals surface area (Å²) in [4.78, 5) is 11.3. The molecule has 0 aliphatic carbocycles. The van der Waals surface area contributed by atoms with Crippen LogP contribution in [0.3, 0.4) is 0 Å². The molecule has 0 saturated carbocycles. The number of aromatic nitrogens is 2.